The molecule has 4 N–H and O–H groups in total. The zero-order valence-electron chi connectivity index (χ0n) is 12.6. The van der Waals surface area contributed by atoms with Crippen molar-refractivity contribution >= 4 is 13.5 Å². The molecule has 1 aliphatic carbocycles. The highest BCUT2D eigenvalue weighted by molar-refractivity contribution is 7.49. The van der Waals surface area contributed by atoms with E-state index in [4.69, 9.17) is 9.79 Å². The molecule has 7 heteroatoms. The van der Waals surface area contributed by atoms with Gasteiger partial charge in [-0.3, -0.25) is 9.88 Å². The molecular weight excluding hydrogens is 317 g/mol. The van der Waals surface area contributed by atoms with Gasteiger partial charge in [0.15, 0.2) is 5.78 Å². The largest absolute Gasteiger partial charge is 0.508 e. The lowest BCUT2D eigenvalue weighted by Gasteiger charge is -2.18. The van der Waals surface area contributed by atoms with E-state index in [1.54, 1.807) is 24.3 Å². The number of carbonyl (C=O) groups excluding carboxylic acids is 1. The topological polar surface area (TPSA) is 107 Å². The highest BCUT2D eigenvalue weighted by Gasteiger charge is 2.20. The van der Waals surface area contributed by atoms with Crippen molar-refractivity contribution in [3.05, 3.63) is 53.3 Å². The Labute approximate surface area is 134 Å². The van der Waals surface area contributed by atoms with Crippen LogP contribution in [0.25, 0.3) is 0 Å². The van der Waals surface area contributed by atoms with E-state index in [0.29, 0.717) is 12.1 Å². The Hall–Kier alpha value is -1.88. The lowest BCUT2D eigenvalue weighted by Crippen LogP contribution is -2.17. The van der Waals surface area contributed by atoms with Gasteiger partial charge in [0.1, 0.15) is 5.75 Å². The second-order valence-electron chi connectivity index (χ2n) is 5.51. The van der Waals surface area contributed by atoms with Gasteiger partial charge in [-0.2, -0.15) is 0 Å². The Kier molecular flexibility index (Phi) is 5.77. The molecule has 0 radical (unpaired) electrons. The first-order chi connectivity index (χ1) is 10.8. The molecule has 0 saturated carbocycles. The van der Waals surface area contributed by atoms with Crippen molar-refractivity contribution < 1.29 is 24.3 Å². The van der Waals surface area contributed by atoms with Crippen LogP contribution < -0.4 is 5.09 Å². The van der Waals surface area contributed by atoms with Crippen molar-refractivity contribution in [1.82, 2.24) is 5.09 Å². The molecular formula is C16H20NO5P. The zero-order chi connectivity index (χ0) is 16.9. The Balaban J connectivity index is 1.91. The Morgan fingerprint density at radius 2 is 1.87 bits per heavy atom. The molecule has 0 amide bonds. The third-order valence-corrected chi connectivity index (χ3v) is 4.12. The lowest BCUT2D eigenvalue weighted by atomic mass is 9.97. The molecule has 0 fully saturated rings. The van der Waals surface area contributed by atoms with Gasteiger partial charge >= 0.3 is 7.75 Å². The molecule has 1 aliphatic rings. The minimum atomic E-state index is -4.41. The number of phenolic OH excluding ortho intramolecular Hbond substituents is 1. The maximum Gasteiger partial charge on any atom is 0.427 e. The van der Waals surface area contributed by atoms with E-state index >= 15 is 0 Å². The van der Waals surface area contributed by atoms with Gasteiger partial charge < -0.3 is 14.9 Å². The fourth-order valence-electron chi connectivity index (χ4n) is 2.52. The Morgan fingerprint density at radius 3 is 2.57 bits per heavy atom. The smallest absolute Gasteiger partial charge is 0.427 e. The van der Waals surface area contributed by atoms with Gasteiger partial charge in [-0.25, -0.2) is 4.57 Å². The summed E-state index contributed by atoms with van der Waals surface area (Å²) in [5.74, 6) is 0.0662. The van der Waals surface area contributed by atoms with Crippen LogP contribution >= 0.6 is 7.75 Å². The molecule has 1 aromatic rings. The summed E-state index contributed by atoms with van der Waals surface area (Å²) < 4.78 is 11.1. The van der Waals surface area contributed by atoms with E-state index in [1.807, 2.05) is 6.07 Å². The number of benzene rings is 1. The number of aryl methyl sites for hydroxylation is 1. The van der Waals surface area contributed by atoms with Gasteiger partial charge in [0.25, 0.3) is 0 Å². The number of rotatable bonds is 7. The summed E-state index contributed by atoms with van der Waals surface area (Å²) in [5.41, 5.74) is 2.11. The lowest BCUT2D eigenvalue weighted by molar-refractivity contribution is -0.114. The van der Waals surface area contributed by atoms with Gasteiger partial charge in [0.2, 0.25) is 0 Å². The summed E-state index contributed by atoms with van der Waals surface area (Å²) in [5, 5.41) is 11.6. The zero-order valence-corrected chi connectivity index (χ0v) is 13.5. The normalized spacial score (nSPS) is 15.1. The minimum Gasteiger partial charge on any atom is -0.508 e. The molecule has 0 saturated heterocycles. The average molecular weight is 337 g/mol. The first-order valence-corrected chi connectivity index (χ1v) is 8.99. The van der Waals surface area contributed by atoms with Crippen LogP contribution in [-0.4, -0.2) is 20.7 Å². The van der Waals surface area contributed by atoms with Gasteiger partial charge in [0, 0.05) is 5.70 Å². The number of aromatic hydroxyl groups is 1. The monoisotopic (exact) mass is 337 g/mol. The predicted octanol–water partition coefficient (Wildman–Crippen LogP) is 2.57. The second-order valence-corrected chi connectivity index (χ2v) is 6.82. The van der Waals surface area contributed by atoms with Crippen molar-refractivity contribution in [2.24, 2.45) is 0 Å². The molecule has 124 valence electrons. The van der Waals surface area contributed by atoms with E-state index in [1.165, 1.54) is 6.08 Å². The van der Waals surface area contributed by atoms with Crippen molar-refractivity contribution in [1.29, 1.82) is 0 Å². The molecule has 23 heavy (non-hydrogen) atoms. The molecule has 0 aliphatic heterocycles. The molecule has 0 heterocycles. The predicted molar refractivity (Wildman–Crippen MR) is 86.6 cm³/mol. The molecule has 2 rings (SSSR count). The minimum absolute atomic E-state index is 0.0104. The van der Waals surface area contributed by atoms with Crippen LogP contribution in [-0.2, 0) is 15.8 Å². The van der Waals surface area contributed by atoms with Crippen molar-refractivity contribution in [2.75, 3.05) is 0 Å². The Morgan fingerprint density at radius 1 is 1.13 bits per heavy atom. The molecule has 0 spiro atoms. The summed E-state index contributed by atoms with van der Waals surface area (Å²) in [6, 6.07) is 7.08. The van der Waals surface area contributed by atoms with E-state index in [9.17, 15) is 14.5 Å². The van der Waals surface area contributed by atoms with Crippen LogP contribution in [0.2, 0.25) is 0 Å². The fraction of sp³-hybridized carbons (Fsp3) is 0.312. The quantitative estimate of drug-likeness (QED) is 0.450. The van der Waals surface area contributed by atoms with E-state index in [0.717, 1.165) is 30.4 Å². The first kappa shape index (κ1) is 17.5. The van der Waals surface area contributed by atoms with Crippen molar-refractivity contribution in [3.8, 4) is 5.75 Å². The number of ketones is 1. The number of unbranched alkanes of at least 4 members (excludes halogenated alkanes) is 1. The number of allylic oxidation sites excluding steroid dienone is 4. The standard InChI is InChI=1S/C16H20NO5P/c18-14-7-3-5-12(10-14)4-1-2-6-13-8-9-15(19)11-16(13)17-23(20,21)22/h3,5,7-10,18H,1-2,4,6,11H2,(H3,17,20,21,22). The first-order valence-electron chi connectivity index (χ1n) is 7.38. The molecule has 0 bridgehead atoms. The van der Waals surface area contributed by atoms with E-state index < -0.39 is 7.75 Å². The number of nitrogens with one attached hydrogen (secondary N) is 1. The highest BCUT2D eigenvalue weighted by Crippen LogP contribution is 2.34. The molecule has 1 aromatic carbocycles. The third-order valence-electron chi connectivity index (χ3n) is 3.56. The third kappa shape index (κ3) is 6.02. The molecule has 0 aromatic heterocycles. The van der Waals surface area contributed by atoms with Crippen LogP contribution in [0.15, 0.2) is 47.7 Å². The van der Waals surface area contributed by atoms with Crippen LogP contribution in [0.3, 0.4) is 0 Å². The number of hydrogen-bond acceptors (Lipinski definition) is 3. The van der Waals surface area contributed by atoms with Crippen LogP contribution in [0.4, 0.5) is 0 Å². The van der Waals surface area contributed by atoms with Gasteiger partial charge in [0.05, 0.1) is 6.42 Å². The maximum absolute atomic E-state index is 11.4. The second kappa shape index (κ2) is 7.59. The van der Waals surface area contributed by atoms with Crippen LogP contribution in [0.5, 0.6) is 5.75 Å². The van der Waals surface area contributed by atoms with E-state index in [-0.39, 0.29) is 18.0 Å². The summed E-state index contributed by atoms with van der Waals surface area (Å²) in [7, 11) is -4.41. The summed E-state index contributed by atoms with van der Waals surface area (Å²) in [4.78, 5) is 29.5. The average Bonchev–Trinajstić information content (AvgIpc) is 2.44. The fourth-order valence-corrected chi connectivity index (χ4v) is 3.09. The van der Waals surface area contributed by atoms with Gasteiger partial charge in [-0.1, -0.05) is 18.2 Å². The molecule has 0 atom stereocenters. The van der Waals surface area contributed by atoms with E-state index in [2.05, 4.69) is 5.09 Å². The Bertz CT molecular complexity index is 689. The summed E-state index contributed by atoms with van der Waals surface area (Å²) in [6.45, 7) is 0. The molecule has 0 unspecified atom stereocenters. The maximum atomic E-state index is 11.4. The highest BCUT2D eigenvalue weighted by atomic mass is 31.2. The SMILES string of the molecule is O=C1C=CC(CCCCc2cccc(O)c2)=C(NP(=O)(O)O)C1. The summed E-state index contributed by atoms with van der Waals surface area (Å²) in [6.07, 6.45) is 6.18. The van der Waals surface area contributed by atoms with Crippen molar-refractivity contribution in [2.45, 2.75) is 32.1 Å². The van der Waals surface area contributed by atoms with Crippen molar-refractivity contribution in [3.63, 3.8) is 0 Å². The summed E-state index contributed by atoms with van der Waals surface area (Å²) >= 11 is 0. The number of phenols is 1. The van der Waals surface area contributed by atoms with Crippen LogP contribution in [0.1, 0.15) is 31.2 Å². The number of hydrogen-bond donors (Lipinski definition) is 4. The number of carbonyl (C=O) groups is 1. The van der Waals surface area contributed by atoms with Gasteiger partial charge in [-0.15, -0.1) is 0 Å². The molecule has 6 nitrogen and oxygen atoms in total. The van der Waals surface area contributed by atoms with Crippen LogP contribution in [0, 0.1) is 0 Å². The van der Waals surface area contributed by atoms with Gasteiger partial charge in [-0.05, 0) is 55.0 Å².